The van der Waals surface area contributed by atoms with E-state index >= 15 is 0 Å². The molecular weight excluding hydrogens is 172 g/mol. The van der Waals surface area contributed by atoms with Gasteiger partial charge in [0.1, 0.15) is 5.76 Å². The molecule has 4 heteroatoms. The van der Waals surface area contributed by atoms with Crippen molar-refractivity contribution in [1.82, 2.24) is 10.6 Å². The zero-order valence-electron chi connectivity index (χ0n) is 6.96. The van der Waals surface area contributed by atoms with Gasteiger partial charge in [-0.1, -0.05) is 0 Å². The molecule has 0 spiro atoms. The van der Waals surface area contributed by atoms with Gasteiger partial charge < -0.3 is 15.1 Å². The minimum absolute atomic E-state index is 0.638. The molecule has 0 atom stereocenters. The Kier molecular flexibility index (Phi) is 3.60. The summed E-state index contributed by atoms with van der Waals surface area (Å²) in [5, 5.41) is 6.66. The van der Waals surface area contributed by atoms with E-state index in [0.29, 0.717) is 11.7 Å². The molecular formula is C8H12N2OS. The lowest BCUT2D eigenvalue weighted by Crippen LogP contribution is -2.34. The number of thiocarbonyl (C=S) groups is 1. The molecule has 1 rings (SSSR count). The average Bonchev–Trinajstić information content (AvgIpc) is 2.53. The highest BCUT2D eigenvalue weighted by atomic mass is 32.1. The SMILES string of the molecule is CCNC(=S)NCc1ccco1. The Morgan fingerprint density at radius 2 is 2.42 bits per heavy atom. The van der Waals surface area contributed by atoms with E-state index in [4.69, 9.17) is 16.6 Å². The van der Waals surface area contributed by atoms with E-state index in [1.807, 2.05) is 19.1 Å². The summed E-state index contributed by atoms with van der Waals surface area (Å²) in [5.41, 5.74) is 0. The van der Waals surface area contributed by atoms with Crippen molar-refractivity contribution in [3.05, 3.63) is 24.2 Å². The molecule has 0 saturated heterocycles. The fourth-order valence-electron chi connectivity index (χ4n) is 0.804. The van der Waals surface area contributed by atoms with Gasteiger partial charge in [-0.3, -0.25) is 0 Å². The summed E-state index contributed by atoms with van der Waals surface area (Å²) in [4.78, 5) is 0. The molecule has 0 aliphatic rings. The molecule has 0 radical (unpaired) electrons. The van der Waals surface area contributed by atoms with Crippen LogP contribution in [0.25, 0.3) is 0 Å². The molecule has 0 bridgehead atoms. The van der Waals surface area contributed by atoms with Crippen molar-refractivity contribution in [3.63, 3.8) is 0 Å². The monoisotopic (exact) mass is 184 g/mol. The topological polar surface area (TPSA) is 37.2 Å². The van der Waals surface area contributed by atoms with Crippen molar-refractivity contribution in [2.75, 3.05) is 6.54 Å². The lowest BCUT2D eigenvalue weighted by atomic mass is 10.4. The number of hydrogen-bond acceptors (Lipinski definition) is 2. The van der Waals surface area contributed by atoms with E-state index in [0.717, 1.165) is 12.3 Å². The van der Waals surface area contributed by atoms with Gasteiger partial charge in [0, 0.05) is 6.54 Å². The molecule has 3 nitrogen and oxygen atoms in total. The zero-order chi connectivity index (χ0) is 8.81. The third-order valence-corrected chi connectivity index (χ3v) is 1.63. The highest BCUT2D eigenvalue weighted by molar-refractivity contribution is 7.80. The van der Waals surface area contributed by atoms with Gasteiger partial charge in [0.15, 0.2) is 5.11 Å². The molecule has 0 unspecified atom stereocenters. The Balaban J connectivity index is 2.22. The summed E-state index contributed by atoms with van der Waals surface area (Å²) in [6, 6.07) is 3.76. The number of nitrogens with one attached hydrogen (secondary N) is 2. The quantitative estimate of drug-likeness (QED) is 0.694. The predicted octanol–water partition coefficient (Wildman–Crippen LogP) is 1.26. The van der Waals surface area contributed by atoms with Crippen LogP contribution in [0.2, 0.25) is 0 Å². The van der Waals surface area contributed by atoms with Crippen LogP contribution in [0.4, 0.5) is 0 Å². The molecule has 0 aliphatic heterocycles. The number of furan rings is 1. The predicted molar refractivity (Wildman–Crippen MR) is 51.8 cm³/mol. The fourth-order valence-corrected chi connectivity index (χ4v) is 1.02. The summed E-state index contributed by atoms with van der Waals surface area (Å²) in [5.74, 6) is 0.884. The van der Waals surface area contributed by atoms with Gasteiger partial charge >= 0.3 is 0 Å². The molecule has 1 heterocycles. The maximum Gasteiger partial charge on any atom is 0.166 e. The van der Waals surface area contributed by atoms with Gasteiger partial charge in [-0.25, -0.2) is 0 Å². The van der Waals surface area contributed by atoms with E-state index in [9.17, 15) is 0 Å². The van der Waals surface area contributed by atoms with Crippen LogP contribution >= 0.6 is 12.2 Å². The minimum Gasteiger partial charge on any atom is -0.467 e. The van der Waals surface area contributed by atoms with E-state index < -0.39 is 0 Å². The van der Waals surface area contributed by atoms with Crippen LogP contribution in [0.3, 0.4) is 0 Å². The summed E-state index contributed by atoms with van der Waals surface area (Å²) < 4.78 is 5.11. The third kappa shape index (κ3) is 2.92. The minimum atomic E-state index is 0.638. The Hall–Kier alpha value is -1.03. The van der Waals surface area contributed by atoms with E-state index in [1.165, 1.54) is 0 Å². The lowest BCUT2D eigenvalue weighted by molar-refractivity contribution is 0.502. The van der Waals surface area contributed by atoms with Crippen molar-refractivity contribution in [3.8, 4) is 0 Å². The summed E-state index contributed by atoms with van der Waals surface area (Å²) in [6.07, 6.45) is 1.65. The Morgan fingerprint density at radius 1 is 1.58 bits per heavy atom. The Bertz CT molecular complexity index is 233. The maximum atomic E-state index is 5.11. The summed E-state index contributed by atoms with van der Waals surface area (Å²) >= 11 is 4.96. The highest BCUT2D eigenvalue weighted by Gasteiger charge is 1.95. The smallest absolute Gasteiger partial charge is 0.166 e. The van der Waals surface area contributed by atoms with Crippen molar-refractivity contribution in [2.45, 2.75) is 13.5 Å². The summed E-state index contributed by atoms with van der Waals surface area (Å²) in [6.45, 7) is 3.48. The first-order valence-electron chi connectivity index (χ1n) is 3.87. The van der Waals surface area contributed by atoms with Crippen LogP contribution < -0.4 is 10.6 Å². The van der Waals surface area contributed by atoms with Crippen molar-refractivity contribution >= 4 is 17.3 Å². The van der Waals surface area contributed by atoms with Crippen LogP contribution in [0.5, 0.6) is 0 Å². The van der Waals surface area contributed by atoms with Gasteiger partial charge in [-0.15, -0.1) is 0 Å². The molecule has 66 valence electrons. The van der Waals surface area contributed by atoms with Gasteiger partial charge in [-0.05, 0) is 31.3 Å². The standard InChI is InChI=1S/C8H12N2OS/c1-2-9-8(12)10-6-7-4-3-5-11-7/h3-5H,2,6H2,1H3,(H2,9,10,12). The second-order valence-electron chi connectivity index (χ2n) is 2.29. The molecule has 12 heavy (non-hydrogen) atoms. The first-order valence-corrected chi connectivity index (χ1v) is 4.28. The van der Waals surface area contributed by atoms with Crippen molar-refractivity contribution in [1.29, 1.82) is 0 Å². The van der Waals surface area contributed by atoms with Gasteiger partial charge in [0.05, 0.1) is 12.8 Å². The van der Waals surface area contributed by atoms with Crippen LogP contribution in [0, 0.1) is 0 Å². The third-order valence-electron chi connectivity index (χ3n) is 1.34. The second kappa shape index (κ2) is 4.77. The first kappa shape index (κ1) is 9.06. The van der Waals surface area contributed by atoms with E-state index in [2.05, 4.69) is 10.6 Å². The van der Waals surface area contributed by atoms with Crippen LogP contribution in [0.15, 0.2) is 22.8 Å². The molecule has 0 amide bonds. The first-order chi connectivity index (χ1) is 5.83. The number of rotatable bonds is 3. The zero-order valence-corrected chi connectivity index (χ0v) is 7.78. The normalized spacial score (nSPS) is 9.42. The van der Waals surface area contributed by atoms with Crippen LogP contribution in [-0.4, -0.2) is 11.7 Å². The van der Waals surface area contributed by atoms with E-state index in [1.54, 1.807) is 6.26 Å². The average molecular weight is 184 g/mol. The van der Waals surface area contributed by atoms with Gasteiger partial charge in [-0.2, -0.15) is 0 Å². The fraction of sp³-hybridized carbons (Fsp3) is 0.375. The van der Waals surface area contributed by atoms with E-state index in [-0.39, 0.29) is 0 Å². The largest absolute Gasteiger partial charge is 0.467 e. The lowest BCUT2D eigenvalue weighted by Gasteiger charge is -2.06. The highest BCUT2D eigenvalue weighted by Crippen LogP contribution is 1.97. The van der Waals surface area contributed by atoms with Crippen molar-refractivity contribution < 1.29 is 4.42 Å². The van der Waals surface area contributed by atoms with Gasteiger partial charge in [0.2, 0.25) is 0 Å². The Morgan fingerprint density at radius 3 is 3.00 bits per heavy atom. The molecule has 1 aromatic rings. The molecule has 0 saturated carbocycles. The second-order valence-corrected chi connectivity index (χ2v) is 2.70. The van der Waals surface area contributed by atoms with Crippen molar-refractivity contribution in [2.24, 2.45) is 0 Å². The maximum absolute atomic E-state index is 5.11. The molecule has 0 aromatic carbocycles. The summed E-state index contributed by atoms with van der Waals surface area (Å²) in [7, 11) is 0. The molecule has 0 aliphatic carbocycles. The van der Waals surface area contributed by atoms with Crippen LogP contribution in [0.1, 0.15) is 12.7 Å². The van der Waals surface area contributed by atoms with Gasteiger partial charge in [0.25, 0.3) is 0 Å². The molecule has 0 fully saturated rings. The molecule has 1 aromatic heterocycles. The van der Waals surface area contributed by atoms with Crippen LogP contribution in [-0.2, 0) is 6.54 Å². The molecule has 2 N–H and O–H groups in total. The Labute approximate surface area is 77.1 Å². The number of hydrogen-bond donors (Lipinski definition) is 2.